The summed E-state index contributed by atoms with van der Waals surface area (Å²) in [5.41, 5.74) is 1.60. The van der Waals surface area contributed by atoms with E-state index < -0.39 is 9.84 Å². The van der Waals surface area contributed by atoms with Gasteiger partial charge in [-0.25, -0.2) is 8.42 Å². The number of rotatable bonds is 3. The van der Waals surface area contributed by atoms with E-state index >= 15 is 0 Å². The zero-order chi connectivity index (χ0) is 11.6. The normalized spacial score (nSPS) is 11.6. The highest BCUT2D eigenvalue weighted by Gasteiger charge is 2.13. The molecule has 0 N–H and O–H groups in total. The number of benzene rings is 1. The monoisotopic (exact) mass is 236 g/mol. The highest BCUT2D eigenvalue weighted by Crippen LogP contribution is 2.25. The zero-order valence-corrected chi connectivity index (χ0v) is 9.70. The maximum atomic E-state index is 11.2. The van der Waals surface area contributed by atoms with E-state index in [0.717, 1.165) is 5.56 Å². The number of sulfone groups is 1. The standard InChI is InChI=1S/C12H12O3S/c1-16(13,14)9-11-7-8-15-12(11)10-5-3-2-4-6-10/h2-8H,9H2,1H3. The van der Waals surface area contributed by atoms with E-state index in [1.807, 2.05) is 30.3 Å². The first-order chi connectivity index (χ1) is 7.56. The third-order valence-electron chi connectivity index (χ3n) is 2.20. The second-order valence-electron chi connectivity index (χ2n) is 3.71. The fraction of sp³-hybridized carbons (Fsp3) is 0.167. The van der Waals surface area contributed by atoms with E-state index in [4.69, 9.17) is 4.42 Å². The smallest absolute Gasteiger partial charge is 0.151 e. The highest BCUT2D eigenvalue weighted by molar-refractivity contribution is 7.89. The molecule has 1 heterocycles. The number of hydrogen-bond donors (Lipinski definition) is 0. The third-order valence-corrected chi connectivity index (χ3v) is 3.04. The Bertz CT molecular complexity index is 567. The molecular formula is C12H12O3S. The van der Waals surface area contributed by atoms with Crippen molar-refractivity contribution in [1.82, 2.24) is 0 Å². The van der Waals surface area contributed by atoms with Gasteiger partial charge in [-0.3, -0.25) is 0 Å². The van der Waals surface area contributed by atoms with E-state index in [9.17, 15) is 8.42 Å². The van der Waals surface area contributed by atoms with Crippen LogP contribution in [-0.4, -0.2) is 14.7 Å². The second kappa shape index (κ2) is 4.14. The lowest BCUT2D eigenvalue weighted by molar-refractivity contribution is 0.578. The maximum Gasteiger partial charge on any atom is 0.151 e. The van der Waals surface area contributed by atoms with Crippen LogP contribution in [0.2, 0.25) is 0 Å². The molecule has 1 aromatic carbocycles. The van der Waals surface area contributed by atoms with E-state index in [1.165, 1.54) is 12.5 Å². The lowest BCUT2D eigenvalue weighted by atomic mass is 10.1. The first-order valence-corrected chi connectivity index (χ1v) is 6.92. The molecule has 0 amide bonds. The summed E-state index contributed by atoms with van der Waals surface area (Å²) in [6, 6.07) is 11.2. The van der Waals surface area contributed by atoms with Crippen LogP contribution in [0.4, 0.5) is 0 Å². The van der Waals surface area contributed by atoms with Crippen LogP contribution in [0.15, 0.2) is 47.1 Å². The fourth-order valence-electron chi connectivity index (χ4n) is 1.57. The van der Waals surface area contributed by atoms with E-state index in [-0.39, 0.29) is 5.75 Å². The Kier molecular flexibility index (Phi) is 2.83. The summed E-state index contributed by atoms with van der Waals surface area (Å²) in [7, 11) is -3.04. The van der Waals surface area contributed by atoms with Crippen LogP contribution in [0, 0.1) is 0 Å². The van der Waals surface area contributed by atoms with E-state index in [1.54, 1.807) is 6.07 Å². The van der Waals surface area contributed by atoms with Crippen LogP contribution in [0.5, 0.6) is 0 Å². The minimum Gasteiger partial charge on any atom is -0.464 e. The van der Waals surface area contributed by atoms with Gasteiger partial charge in [-0.2, -0.15) is 0 Å². The molecule has 2 aromatic rings. The topological polar surface area (TPSA) is 47.3 Å². The van der Waals surface area contributed by atoms with Gasteiger partial charge in [0, 0.05) is 17.4 Å². The predicted molar refractivity (Wildman–Crippen MR) is 62.7 cm³/mol. The van der Waals surface area contributed by atoms with Crippen molar-refractivity contribution in [3.05, 3.63) is 48.2 Å². The van der Waals surface area contributed by atoms with Gasteiger partial charge in [-0.05, 0) is 6.07 Å². The van der Waals surface area contributed by atoms with Crippen LogP contribution in [0.25, 0.3) is 11.3 Å². The first kappa shape index (κ1) is 11.0. The molecule has 0 saturated heterocycles. The van der Waals surface area contributed by atoms with Crippen molar-refractivity contribution in [3.63, 3.8) is 0 Å². The Labute approximate surface area is 94.6 Å². The summed E-state index contributed by atoms with van der Waals surface area (Å²) >= 11 is 0. The molecule has 0 aliphatic heterocycles. The molecule has 0 bridgehead atoms. The molecule has 0 aliphatic carbocycles. The molecule has 84 valence electrons. The van der Waals surface area contributed by atoms with Gasteiger partial charge in [-0.15, -0.1) is 0 Å². The Hall–Kier alpha value is -1.55. The molecule has 0 spiro atoms. The van der Waals surface area contributed by atoms with Crippen molar-refractivity contribution in [2.24, 2.45) is 0 Å². The molecule has 16 heavy (non-hydrogen) atoms. The molecule has 1 aromatic heterocycles. The van der Waals surface area contributed by atoms with Crippen molar-refractivity contribution in [1.29, 1.82) is 0 Å². The van der Waals surface area contributed by atoms with Gasteiger partial charge in [-0.1, -0.05) is 30.3 Å². The van der Waals surface area contributed by atoms with Gasteiger partial charge < -0.3 is 4.42 Å². The molecule has 3 nitrogen and oxygen atoms in total. The SMILES string of the molecule is CS(=O)(=O)Cc1ccoc1-c1ccccc1. The van der Waals surface area contributed by atoms with Crippen LogP contribution in [0.1, 0.15) is 5.56 Å². The second-order valence-corrected chi connectivity index (χ2v) is 5.85. The van der Waals surface area contributed by atoms with Crippen LogP contribution < -0.4 is 0 Å². The molecule has 0 aliphatic rings. The Morgan fingerprint density at radius 1 is 1.12 bits per heavy atom. The lowest BCUT2D eigenvalue weighted by Gasteiger charge is -2.01. The minimum absolute atomic E-state index is 0.00767. The lowest BCUT2D eigenvalue weighted by Crippen LogP contribution is -2.00. The maximum absolute atomic E-state index is 11.2. The van der Waals surface area contributed by atoms with Crippen LogP contribution >= 0.6 is 0 Å². The fourth-order valence-corrected chi connectivity index (χ4v) is 2.37. The van der Waals surface area contributed by atoms with Gasteiger partial charge in [0.2, 0.25) is 0 Å². The average Bonchev–Trinajstić information content (AvgIpc) is 2.64. The molecule has 0 fully saturated rings. The van der Waals surface area contributed by atoms with Gasteiger partial charge >= 0.3 is 0 Å². The predicted octanol–water partition coefficient (Wildman–Crippen LogP) is 2.49. The molecule has 0 unspecified atom stereocenters. The average molecular weight is 236 g/mol. The molecule has 0 saturated carbocycles. The summed E-state index contributed by atoms with van der Waals surface area (Å²) in [6.07, 6.45) is 2.73. The van der Waals surface area contributed by atoms with Crippen molar-refractivity contribution in [2.75, 3.05) is 6.26 Å². The van der Waals surface area contributed by atoms with Gasteiger partial charge in [0.05, 0.1) is 12.0 Å². The molecule has 0 radical (unpaired) electrons. The Morgan fingerprint density at radius 3 is 2.44 bits per heavy atom. The molecule has 0 atom stereocenters. The van der Waals surface area contributed by atoms with Gasteiger partial charge in [0.1, 0.15) is 5.76 Å². The van der Waals surface area contributed by atoms with Gasteiger partial charge in [0.15, 0.2) is 9.84 Å². The summed E-state index contributed by atoms with van der Waals surface area (Å²) in [5.74, 6) is 0.638. The minimum atomic E-state index is -3.04. The van der Waals surface area contributed by atoms with Crippen LogP contribution in [0.3, 0.4) is 0 Å². The number of hydrogen-bond acceptors (Lipinski definition) is 3. The molecule has 4 heteroatoms. The van der Waals surface area contributed by atoms with Crippen molar-refractivity contribution < 1.29 is 12.8 Å². The van der Waals surface area contributed by atoms with Crippen LogP contribution in [-0.2, 0) is 15.6 Å². The van der Waals surface area contributed by atoms with E-state index in [2.05, 4.69) is 0 Å². The number of furan rings is 1. The zero-order valence-electron chi connectivity index (χ0n) is 8.88. The Morgan fingerprint density at radius 2 is 1.81 bits per heavy atom. The quantitative estimate of drug-likeness (QED) is 0.822. The van der Waals surface area contributed by atoms with E-state index in [0.29, 0.717) is 11.3 Å². The summed E-state index contributed by atoms with van der Waals surface area (Å²) in [5, 5.41) is 0. The first-order valence-electron chi connectivity index (χ1n) is 4.86. The highest BCUT2D eigenvalue weighted by atomic mass is 32.2. The summed E-state index contributed by atoms with van der Waals surface area (Å²) < 4.78 is 27.8. The summed E-state index contributed by atoms with van der Waals surface area (Å²) in [6.45, 7) is 0. The van der Waals surface area contributed by atoms with Gasteiger partial charge in [0.25, 0.3) is 0 Å². The largest absolute Gasteiger partial charge is 0.464 e. The molecular weight excluding hydrogens is 224 g/mol. The Balaban J connectivity index is 2.41. The summed E-state index contributed by atoms with van der Waals surface area (Å²) in [4.78, 5) is 0. The van der Waals surface area contributed by atoms with Crippen molar-refractivity contribution >= 4 is 9.84 Å². The van der Waals surface area contributed by atoms with Crippen molar-refractivity contribution in [2.45, 2.75) is 5.75 Å². The third kappa shape index (κ3) is 2.52. The molecule has 2 rings (SSSR count). The van der Waals surface area contributed by atoms with Crippen molar-refractivity contribution in [3.8, 4) is 11.3 Å².